The first-order valence-corrected chi connectivity index (χ1v) is 9.56. The lowest BCUT2D eigenvalue weighted by atomic mass is 9.93. The molecule has 0 saturated carbocycles. The molecule has 1 aromatic heterocycles. The van der Waals surface area contributed by atoms with Crippen LogP contribution in [-0.2, 0) is 12.8 Å². The Morgan fingerprint density at radius 2 is 1.67 bits per heavy atom. The molecule has 27 heavy (non-hydrogen) atoms. The fraction of sp³-hybridized carbons (Fsp3) is 0.174. The number of rotatable bonds is 2. The molecule has 2 aliphatic heterocycles. The van der Waals surface area contributed by atoms with Gasteiger partial charge in [-0.2, -0.15) is 5.26 Å². The molecule has 2 aromatic carbocycles. The lowest BCUT2D eigenvalue weighted by Crippen LogP contribution is -2.31. The van der Waals surface area contributed by atoms with Gasteiger partial charge in [0.2, 0.25) is 0 Å². The van der Waals surface area contributed by atoms with Gasteiger partial charge in [-0.05, 0) is 65.4 Å². The van der Waals surface area contributed by atoms with Crippen molar-refractivity contribution in [2.24, 2.45) is 0 Å². The van der Waals surface area contributed by atoms with Gasteiger partial charge in [0.1, 0.15) is 0 Å². The van der Waals surface area contributed by atoms with Crippen molar-refractivity contribution in [3.05, 3.63) is 71.5 Å². The van der Waals surface area contributed by atoms with Crippen molar-refractivity contribution < 1.29 is 0 Å². The Morgan fingerprint density at radius 3 is 2.48 bits per heavy atom. The zero-order chi connectivity index (χ0) is 18.4. The zero-order valence-electron chi connectivity index (χ0n) is 14.8. The minimum atomic E-state index is 0.663. The largest absolute Gasteiger partial charge is 0.335 e. The molecule has 0 amide bonds. The van der Waals surface area contributed by atoms with Crippen LogP contribution in [0.3, 0.4) is 0 Å². The van der Waals surface area contributed by atoms with Gasteiger partial charge in [-0.15, -0.1) is 0 Å². The van der Waals surface area contributed by atoms with E-state index in [9.17, 15) is 0 Å². The highest BCUT2D eigenvalue weighted by molar-refractivity contribution is 7.80. The number of thiocarbonyl (C=S) groups is 1. The Balaban J connectivity index is 1.59. The molecule has 0 saturated heterocycles. The third-order valence-electron chi connectivity index (χ3n) is 5.45. The van der Waals surface area contributed by atoms with E-state index in [1.54, 1.807) is 0 Å². The highest BCUT2D eigenvalue weighted by Crippen LogP contribution is 2.40. The summed E-state index contributed by atoms with van der Waals surface area (Å²) in [6.45, 7) is 1.00. The molecule has 3 aromatic rings. The molecular formula is C23H17N3S. The van der Waals surface area contributed by atoms with Gasteiger partial charge in [-0.1, -0.05) is 24.4 Å². The highest BCUT2D eigenvalue weighted by Gasteiger charge is 2.29. The first kappa shape index (κ1) is 16.2. The molecule has 0 spiro atoms. The van der Waals surface area contributed by atoms with Gasteiger partial charge in [-0.3, -0.25) is 4.98 Å². The van der Waals surface area contributed by atoms with Crippen LogP contribution in [-0.4, -0.2) is 16.5 Å². The second kappa shape index (κ2) is 6.29. The number of hydrogen-bond acceptors (Lipinski definition) is 3. The Hall–Kier alpha value is -3.03. The first-order chi connectivity index (χ1) is 13.2. The van der Waals surface area contributed by atoms with Crippen molar-refractivity contribution in [3.63, 3.8) is 0 Å². The number of aromatic nitrogens is 1. The topological polar surface area (TPSA) is 39.9 Å². The van der Waals surface area contributed by atoms with Crippen LogP contribution in [0.25, 0.3) is 22.3 Å². The Bertz CT molecular complexity index is 1130. The Kier molecular flexibility index (Phi) is 3.77. The van der Waals surface area contributed by atoms with Gasteiger partial charge < -0.3 is 4.90 Å². The SMILES string of the molecule is N#Cc1cccc(-c2cncc(-c3cc4c5c(c3)CCN5C(=S)CC4)c2)c1. The number of nitrogens with zero attached hydrogens (tertiary/aromatic N) is 3. The molecule has 4 heteroatoms. The van der Waals surface area contributed by atoms with Crippen LogP contribution >= 0.6 is 12.2 Å². The van der Waals surface area contributed by atoms with E-state index < -0.39 is 0 Å². The summed E-state index contributed by atoms with van der Waals surface area (Å²) in [6, 6.07) is 16.6. The third-order valence-corrected chi connectivity index (χ3v) is 5.87. The summed E-state index contributed by atoms with van der Waals surface area (Å²) >= 11 is 5.55. The molecule has 2 aliphatic rings. The second-order valence-electron chi connectivity index (χ2n) is 7.09. The maximum absolute atomic E-state index is 9.16. The van der Waals surface area contributed by atoms with Crippen molar-refractivity contribution in [3.8, 4) is 28.3 Å². The molecule has 0 fully saturated rings. The van der Waals surface area contributed by atoms with Crippen LogP contribution < -0.4 is 4.90 Å². The van der Waals surface area contributed by atoms with Crippen LogP contribution in [0.15, 0.2) is 54.9 Å². The number of benzene rings is 2. The summed E-state index contributed by atoms with van der Waals surface area (Å²) in [5, 5.41) is 9.16. The summed E-state index contributed by atoms with van der Waals surface area (Å²) in [4.78, 5) is 7.86. The van der Waals surface area contributed by atoms with E-state index in [0.29, 0.717) is 5.56 Å². The van der Waals surface area contributed by atoms with E-state index in [2.05, 4.69) is 34.2 Å². The van der Waals surface area contributed by atoms with Gasteiger partial charge in [-0.25, -0.2) is 0 Å². The molecule has 0 unspecified atom stereocenters. The minimum absolute atomic E-state index is 0.663. The molecule has 0 atom stereocenters. The summed E-state index contributed by atoms with van der Waals surface area (Å²) in [5.74, 6) is 0. The van der Waals surface area contributed by atoms with Gasteiger partial charge >= 0.3 is 0 Å². The van der Waals surface area contributed by atoms with E-state index in [4.69, 9.17) is 17.5 Å². The van der Waals surface area contributed by atoms with E-state index >= 15 is 0 Å². The van der Waals surface area contributed by atoms with Crippen molar-refractivity contribution in [1.82, 2.24) is 4.98 Å². The summed E-state index contributed by atoms with van der Waals surface area (Å²) in [7, 11) is 0. The predicted molar refractivity (Wildman–Crippen MR) is 112 cm³/mol. The van der Waals surface area contributed by atoms with Crippen molar-refractivity contribution in [1.29, 1.82) is 5.26 Å². The van der Waals surface area contributed by atoms with Crippen LogP contribution in [0.4, 0.5) is 5.69 Å². The van der Waals surface area contributed by atoms with Gasteiger partial charge in [0.15, 0.2) is 0 Å². The first-order valence-electron chi connectivity index (χ1n) is 9.15. The fourth-order valence-corrected chi connectivity index (χ4v) is 4.43. The quantitative estimate of drug-likeness (QED) is 0.603. The average Bonchev–Trinajstić information content (AvgIpc) is 3.16. The standard InChI is InChI=1S/C23H17N3S/c24-12-15-2-1-3-16(8-15)20-11-21(14-25-13-20)19-9-17-4-5-22(27)26-7-6-18(10-19)23(17)26/h1-3,8-11,13-14H,4-7H2. The molecule has 0 radical (unpaired) electrons. The predicted octanol–water partition coefficient (Wildman–Crippen LogP) is 4.92. The maximum atomic E-state index is 9.16. The van der Waals surface area contributed by atoms with Crippen LogP contribution in [0.2, 0.25) is 0 Å². The van der Waals surface area contributed by atoms with Gasteiger partial charge in [0.25, 0.3) is 0 Å². The monoisotopic (exact) mass is 367 g/mol. The Labute approximate surface area is 163 Å². The molecule has 0 bridgehead atoms. The lowest BCUT2D eigenvalue weighted by molar-refractivity contribution is 0.943. The lowest BCUT2D eigenvalue weighted by Gasteiger charge is -2.28. The van der Waals surface area contributed by atoms with E-state index in [0.717, 1.165) is 47.5 Å². The van der Waals surface area contributed by atoms with E-state index in [-0.39, 0.29) is 0 Å². The highest BCUT2D eigenvalue weighted by atomic mass is 32.1. The van der Waals surface area contributed by atoms with Crippen molar-refractivity contribution >= 4 is 22.9 Å². The number of pyridine rings is 1. The van der Waals surface area contributed by atoms with Crippen LogP contribution in [0.1, 0.15) is 23.1 Å². The van der Waals surface area contributed by atoms with Crippen molar-refractivity contribution in [2.45, 2.75) is 19.3 Å². The number of nitriles is 1. The molecule has 130 valence electrons. The molecule has 0 aliphatic carbocycles. The number of anilines is 1. The molecule has 3 nitrogen and oxygen atoms in total. The van der Waals surface area contributed by atoms with Gasteiger partial charge in [0, 0.05) is 42.2 Å². The van der Waals surface area contributed by atoms with E-state index in [1.807, 2.05) is 36.7 Å². The summed E-state index contributed by atoms with van der Waals surface area (Å²) in [5.41, 5.74) is 9.16. The molecular weight excluding hydrogens is 350 g/mol. The minimum Gasteiger partial charge on any atom is -0.335 e. The molecule has 3 heterocycles. The summed E-state index contributed by atoms with van der Waals surface area (Å²) < 4.78 is 0. The average molecular weight is 367 g/mol. The number of hydrogen-bond donors (Lipinski definition) is 0. The fourth-order valence-electron chi connectivity index (χ4n) is 4.15. The molecule has 5 rings (SSSR count). The van der Waals surface area contributed by atoms with Crippen LogP contribution in [0.5, 0.6) is 0 Å². The maximum Gasteiger partial charge on any atom is 0.0991 e. The summed E-state index contributed by atoms with van der Waals surface area (Å²) in [6.07, 6.45) is 6.81. The van der Waals surface area contributed by atoms with Gasteiger partial charge in [0.05, 0.1) is 16.6 Å². The smallest absolute Gasteiger partial charge is 0.0991 e. The molecule has 0 N–H and O–H groups in total. The Morgan fingerprint density at radius 1 is 0.889 bits per heavy atom. The zero-order valence-corrected chi connectivity index (χ0v) is 15.6. The third kappa shape index (κ3) is 2.72. The normalized spacial score (nSPS) is 14.8. The van der Waals surface area contributed by atoms with Crippen LogP contribution in [0, 0.1) is 11.3 Å². The van der Waals surface area contributed by atoms with E-state index in [1.165, 1.54) is 22.4 Å². The number of aryl methyl sites for hydroxylation is 1. The second-order valence-corrected chi connectivity index (χ2v) is 7.56. The van der Waals surface area contributed by atoms with Crippen molar-refractivity contribution in [2.75, 3.05) is 11.4 Å².